The van der Waals surface area contributed by atoms with Crippen LogP contribution in [-0.2, 0) is 14.3 Å². The summed E-state index contributed by atoms with van der Waals surface area (Å²) in [6.07, 6.45) is 0.968. The van der Waals surface area contributed by atoms with Crippen molar-refractivity contribution in [2.75, 3.05) is 19.5 Å². The Bertz CT molecular complexity index is 490. The highest BCUT2D eigenvalue weighted by Crippen LogP contribution is 2.16. The van der Waals surface area contributed by atoms with E-state index in [0.717, 1.165) is 6.26 Å². The normalized spacial score (nSPS) is 10.8. The van der Waals surface area contributed by atoms with Crippen molar-refractivity contribution in [3.63, 3.8) is 0 Å². The summed E-state index contributed by atoms with van der Waals surface area (Å²) in [4.78, 5) is 0. The predicted octanol–water partition coefficient (Wildman–Crippen LogP) is 0.913. The lowest BCUT2D eigenvalue weighted by Gasteiger charge is -2.06. The standard InChI is InChI=1S/C10H11NO4S/c1-16(12,13)15-7-6-14-10-5-3-2-4-9(10)8-11/h2-5H,6-7H2,1H3. The van der Waals surface area contributed by atoms with E-state index in [0.29, 0.717) is 11.3 Å². The second kappa shape index (κ2) is 5.49. The average molecular weight is 241 g/mol. The Balaban J connectivity index is 2.47. The van der Waals surface area contributed by atoms with Crippen LogP contribution in [0, 0.1) is 11.3 Å². The summed E-state index contributed by atoms with van der Waals surface area (Å²) in [6.45, 7) is 0.00432. The third-order valence-corrected chi connectivity index (χ3v) is 2.24. The van der Waals surface area contributed by atoms with E-state index in [1.54, 1.807) is 24.3 Å². The molecule has 0 amide bonds. The highest BCUT2D eigenvalue weighted by molar-refractivity contribution is 7.85. The molecular formula is C10H11NO4S. The van der Waals surface area contributed by atoms with E-state index in [1.165, 1.54) is 0 Å². The van der Waals surface area contributed by atoms with Crippen LogP contribution >= 0.6 is 0 Å². The molecule has 5 nitrogen and oxygen atoms in total. The number of benzene rings is 1. The molecule has 0 N–H and O–H groups in total. The second-order valence-electron chi connectivity index (χ2n) is 2.98. The fourth-order valence-corrected chi connectivity index (χ4v) is 1.39. The Labute approximate surface area is 94.3 Å². The summed E-state index contributed by atoms with van der Waals surface area (Å²) < 4.78 is 31.0. The molecule has 0 fully saturated rings. The van der Waals surface area contributed by atoms with Crippen LogP contribution in [-0.4, -0.2) is 27.9 Å². The van der Waals surface area contributed by atoms with Crippen LogP contribution in [0.25, 0.3) is 0 Å². The summed E-state index contributed by atoms with van der Waals surface area (Å²) in [7, 11) is -3.44. The maximum atomic E-state index is 10.6. The number of nitriles is 1. The van der Waals surface area contributed by atoms with Gasteiger partial charge in [-0.3, -0.25) is 4.18 Å². The zero-order valence-corrected chi connectivity index (χ0v) is 9.53. The van der Waals surface area contributed by atoms with Gasteiger partial charge in [-0.15, -0.1) is 0 Å². The minimum atomic E-state index is -3.44. The molecule has 1 aromatic carbocycles. The first-order chi connectivity index (χ1) is 7.53. The molecule has 0 aliphatic rings. The van der Waals surface area contributed by atoms with Crippen molar-refractivity contribution in [3.05, 3.63) is 29.8 Å². The summed E-state index contributed by atoms with van der Waals surface area (Å²) in [6, 6.07) is 8.67. The van der Waals surface area contributed by atoms with Gasteiger partial charge in [-0.1, -0.05) is 12.1 Å². The van der Waals surface area contributed by atoms with Gasteiger partial charge in [0, 0.05) is 0 Å². The molecule has 0 aliphatic heterocycles. The number of rotatable bonds is 5. The summed E-state index contributed by atoms with van der Waals surface area (Å²) in [5.41, 5.74) is 0.404. The quantitative estimate of drug-likeness (QED) is 0.565. The second-order valence-corrected chi connectivity index (χ2v) is 4.63. The van der Waals surface area contributed by atoms with E-state index in [2.05, 4.69) is 4.18 Å². The van der Waals surface area contributed by atoms with Gasteiger partial charge in [0.1, 0.15) is 25.0 Å². The lowest BCUT2D eigenvalue weighted by molar-refractivity contribution is 0.222. The monoisotopic (exact) mass is 241 g/mol. The van der Waals surface area contributed by atoms with Crippen molar-refractivity contribution in [1.82, 2.24) is 0 Å². The van der Waals surface area contributed by atoms with Gasteiger partial charge in [0.15, 0.2) is 0 Å². The maximum Gasteiger partial charge on any atom is 0.264 e. The van der Waals surface area contributed by atoms with E-state index in [4.69, 9.17) is 10.00 Å². The smallest absolute Gasteiger partial charge is 0.264 e. The fraction of sp³-hybridized carbons (Fsp3) is 0.300. The van der Waals surface area contributed by atoms with E-state index < -0.39 is 10.1 Å². The lowest BCUT2D eigenvalue weighted by atomic mass is 10.2. The molecule has 0 bridgehead atoms. The molecule has 0 aromatic heterocycles. The fourth-order valence-electron chi connectivity index (χ4n) is 1.02. The third kappa shape index (κ3) is 4.29. The molecule has 0 saturated carbocycles. The van der Waals surface area contributed by atoms with Crippen molar-refractivity contribution < 1.29 is 17.3 Å². The zero-order valence-electron chi connectivity index (χ0n) is 8.71. The molecule has 0 unspecified atom stereocenters. The van der Waals surface area contributed by atoms with Crippen molar-refractivity contribution >= 4 is 10.1 Å². The van der Waals surface area contributed by atoms with Crippen molar-refractivity contribution in [1.29, 1.82) is 5.26 Å². The number of nitrogens with zero attached hydrogens (tertiary/aromatic N) is 1. The molecule has 0 radical (unpaired) electrons. The highest BCUT2D eigenvalue weighted by Gasteiger charge is 2.03. The average Bonchev–Trinajstić information content (AvgIpc) is 2.23. The number of hydrogen-bond donors (Lipinski definition) is 0. The molecule has 0 atom stereocenters. The van der Waals surface area contributed by atoms with Crippen molar-refractivity contribution in [2.45, 2.75) is 0 Å². The Morgan fingerprint density at radius 1 is 1.31 bits per heavy atom. The highest BCUT2D eigenvalue weighted by atomic mass is 32.2. The van der Waals surface area contributed by atoms with Crippen LogP contribution in [0.3, 0.4) is 0 Å². The van der Waals surface area contributed by atoms with Gasteiger partial charge in [-0.05, 0) is 12.1 Å². The van der Waals surface area contributed by atoms with Crippen LogP contribution in [0.1, 0.15) is 5.56 Å². The Hall–Kier alpha value is -1.58. The Morgan fingerprint density at radius 3 is 2.62 bits per heavy atom. The van der Waals surface area contributed by atoms with Gasteiger partial charge in [0.2, 0.25) is 0 Å². The molecular weight excluding hydrogens is 230 g/mol. The lowest BCUT2D eigenvalue weighted by Crippen LogP contribution is -2.11. The van der Waals surface area contributed by atoms with Gasteiger partial charge in [-0.25, -0.2) is 0 Å². The third-order valence-electron chi connectivity index (χ3n) is 1.65. The number of ether oxygens (including phenoxy) is 1. The largest absolute Gasteiger partial charge is 0.490 e. The van der Waals surface area contributed by atoms with E-state index in [1.807, 2.05) is 6.07 Å². The molecule has 1 rings (SSSR count). The molecule has 1 aromatic rings. The van der Waals surface area contributed by atoms with Gasteiger partial charge in [-0.2, -0.15) is 13.7 Å². The summed E-state index contributed by atoms with van der Waals surface area (Å²) >= 11 is 0. The molecule has 0 saturated heterocycles. The molecule has 0 heterocycles. The van der Waals surface area contributed by atoms with E-state index in [-0.39, 0.29) is 13.2 Å². The molecule has 86 valence electrons. The summed E-state index contributed by atoms with van der Waals surface area (Å²) in [5.74, 6) is 0.419. The van der Waals surface area contributed by atoms with Crippen LogP contribution in [0.5, 0.6) is 5.75 Å². The number of hydrogen-bond acceptors (Lipinski definition) is 5. The molecule has 0 spiro atoms. The topological polar surface area (TPSA) is 76.4 Å². The van der Waals surface area contributed by atoms with Crippen LogP contribution in [0.2, 0.25) is 0 Å². The number of para-hydroxylation sites is 1. The first-order valence-electron chi connectivity index (χ1n) is 4.49. The first-order valence-corrected chi connectivity index (χ1v) is 6.31. The van der Waals surface area contributed by atoms with Crippen LogP contribution < -0.4 is 4.74 Å². The molecule has 6 heteroatoms. The Kier molecular flexibility index (Phi) is 4.28. The van der Waals surface area contributed by atoms with Crippen LogP contribution in [0.4, 0.5) is 0 Å². The Morgan fingerprint density at radius 2 is 2.00 bits per heavy atom. The maximum absolute atomic E-state index is 10.6. The minimum Gasteiger partial charge on any atom is -0.490 e. The molecule has 0 aliphatic carbocycles. The summed E-state index contributed by atoms with van der Waals surface area (Å²) in [5, 5.41) is 8.75. The van der Waals surface area contributed by atoms with Gasteiger partial charge >= 0.3 is 0 Å². The first kappa shape index (κ1) is 12.5. The SMILES string of the molecule is CS(=O)(=O)OCCOc1ccccc1C#N. The van der Waals surface area contributed by atoms with Crippen molar-refractivity contribution in [2.24, 2.45) is 0 Å². The molecule has 16 heavy (non-hydrogen) atoms. The van der Waals surface area contributed by atoms with E-state index in [9.17, 15) is 8.42 Å². The van der Waals surface area contributed by atoms with E-state index >= 15 is 0 Å². The predicted molar refractivity (Wildman–Crippen MR) is 57.4 cm³/mol. The van der Waals surface area contributed by atoms with Gasteiger partial charge < -0.3 is 4.74 Å². The van der Waals surface area contributed by atoms with Gasteiger partial charge in [0.25, 0.3) is 10.1 Å². The zero-order chi connectivity index (χ0) is 12.0. The minimum absolute atomic E-state index is 0.0708. The van der Waals surface area contributed by atoms with Crippen LogP contribution in [0.15, 0.2) is 24.3 Å². The van der Waals surface area contributed by atoms with Crippen molar-refractivity contribution in [3.8, 4) is 11.8 Å². The van der Waals surface area contributed by atoms with Gasteiger partial charge in [0.05, 0.1) is 11.8 Å².